The molecule has 0 aromatic heterocycles. The Morgan fingerprint density at radius 2 is 1.76 bits per heavy atom. The van der Waals surface area contributed by atoms with Gasteiger partial charge in [-0.2, -0.15) is 0 Å². The van der Waals surface area contributed by atoms with Crippen molar-refractivity contribution in [3.8, 4) is 0 Å². The highest BCUT2D eigenvalue weighted by atomic mass is 16.3. The molecule has 1 aliphatic rings. The fourth-order valence-corrected chi connectivity index (χ4v) is 3.90. The zero-order chi connectivity index (χ0) is 15.5. The van der Waals surface area contributed by atoms with E-state index in [0.29, 0.717) is 6.54 Å². The number of hydrogen-bond donors (Lipinski definition) is 2. The Kier molecular flexibility index (Phi) is 5.11. The molecule has 3 N–H and O–H groups in total. The van der Waals surface area contributed by atoms with Crippen LogP contribution in [0.3, 0.4) is 0 Å². The SMILES string of the molecule is CCc1ccc(C(C)(O)C2(CN)CCC(CC)CC2)cc1. The standard InChI is InChI=1S/C19H31NO/c1-4-15-6-8-17(9-7-15)18(3,21)19(14-20)12-10-16(5-2)11-13-19/h6-9,16,21H,4-5,10-14,20H2,1-3H3. The highest BCUT2D eigenvalue weighted by Gasteiger charge is 2.48. The van der Waals surface area contributed by atoms with Gasteiger partial charge in [0.2, 0.25) is 0 Å². The van der Waals surface area contributed by atoms with Crippen molar-refractivity contribution < 1.29 is 5.11 Å². The smallest absolute Gasteiger partial charge is 0.0936 e. The van der Waals surface area contributed by atoms with Crippen LogP contribution in [0.5, 0.6) is 0 Å². The lowest BCUT2D eigenvalue weighted by molar-refractivity contribution is -0.0981. The monoisotopic (exact) mass is 289 g/mol. The Morgan fingerprint density at radius 1 is 1.19 bits per heavy atom. The fraction of sp³-hybridized carbons (Fsp3) is 0.684. The molecule has 118 valence electrons. The van der Waals surface area contributed by atoms with Gasteiger partial charge in [-0.15, -0.1) is 0 Å². The van der Waals surface area contributed by atoms with Crippen molar-refractivity contribution in [2.75, 3.05) is 6.54 Å². The molecule has 1 aliphatic carbocycles. The van der Waals surface area contributed by atoms with Gasteiger partial charge in [-0.3, -0.25) is 0 Å². The topological polar surface area (TPSA) is 46.2 Å². The largest absolute Gasteiger partial charge is 0.385 e. The Balaban J connectivity index is 2.26. The van der Waals surface area contributed by atoms with E-state index < -0.39 is 5.60 Å². The first-order chi connectivity index (χ1) is 9.99. The Labute approximate surface area is 129 Å². The van der Waals surface area contributed by atoms with Crippen molar-refractivity contribution in [3.05, 3.63) is 35.4 Å². The van der Waals surface area contributed by atoms with Crippen LogP contribution in [0.1, 0.15) is 64.0 Å². The van der Waals surface area contributed by atoms with Crippen LogP contribution in [0, 0.1) is 11.3 Å². The van der Waals surface area contributed by atoms with Gasteiger partial charge in [-0.1, -0.05) is 44.5 Å². The summed E-state index contributed by atoms with van der Waals surface area (Å²) in [7, 11) is 0. The normalized spacial score (nSPS) is 29.1. The van der Waals surface area contributed by atoms with Gasteiger partial charge in [0, 0.05) is 12.0 Å². The first-order valence-corrected chi connectivity index (χ1v) is 8.51. The van der Waals surface area contributed by atoms with Crippen LogP contribution in [-0.2, 0) is 12.0 Å². The summed E-state index contributed by atoms with van der Waals surface area (Å²) < 4.78 is 0. The van der Waals surface area contributed by atoms with Crippen LogP contribution >= 0.6 is 0 Å². The molecule has 1 atom stereocenters. The zero-order valence-corrected chi connectivity index (χ0v) is 13.9. The van der Waals surface area contributed by atoms with E-state index >= 15 is 0 Å². The van der Waals surface area contributed by atoms with Crippen molar-refractivity contribution in [2.24, 2.45) is 17.1 Å². The molecule has 0 saturated heterocycles. The van der Waals surface area contributed by atoms with Gasteiger partial charge in [-0.25, -0.2) is 0 Å². The molecule has 0 amide bonds. The van der Waals surface area contributed by atoms with Gasteiger partial charge in [0.05, 0.1) is 5.60 Å². The van der Waals surface area contributed by atoms with E-state index in [2.05, 4.69) is 38.1 Å². The van der Waals surface area contributed by atoms with E-state index in [9.17, 15) is 5.11 Å². The number of aliphatic hydroxyl groups is 1. The maximum atomic E-state index is 11.3. The van der Waals surface area contributed by atoms with Crippen molar-refractivity contribution in [3.63, 3.8) is 0 Å². The quantitative estimate of drug-likeness (QED) is 0.860. The van der Waals surface area contributed by atoms with E-state index in [4.69, 9.17) is 5.73 Å². The second-order valence-electron chi connectivity index (χ2n) is 6.96. The Bertz CT molecular complexity index is 441. The summed E-state index contributed by atoms with van der Waals surface area (Å²) in [6.07, 6.45) is 6.72. The van der Waals surface area contributed by atoms with Gasteiger partial charge >= 0.3 is 0 Å². The summed E-state index contributed by atoms with van der Waals surface area (Å²) in [6, 6.07) is 8.43. The third-order valence-electron chi connectivity index (χ3n) is 5.99. The van der Waals surface area contributed by atoms with Crippen LogP contribution in [0.2, 0.25) is 0 Å². The van der Waals surface area contributed by atoms with Crippen LogP contribution < -0.4 is 5.73 Å². The van der Waals surface area contributed by atoms with Gasteiger partial charge in [0.15, 0.2) is 0 Å². The third-order valence-corrected chi connectivity index (χ3v) is 5.99. The van der Waals surface area contributed by atoms with Gasteiger partial charge in [0.1, 0.15) is 0 Å². The maximum absolute atomic E-state index is 11.3. The molecule has 0 aliphatic heterocycles. The predicted octanol–water partition coefficient (Wildman–Crippen LogP) is 4.00. The van der Waals surface area contributed by atoms with Gasteiger partial charge in [0.25, 0.3) is 0 Å². The number of nitrogens with two attached hydrogens (primary N) is 1. The maximum Gasteiger partial charge on any atom is 0.0936 e. The molecule has 21 heavy (non-hydrogen) atoms. The average molecular weight is 289 g/mol. The lowest BCUT2D eigenvalue weighted by Gasteiger charge is -2.49. The van der Waals surface area contributed by atoms with E-state index in [1.165, 1.54) is 24.8 Å². The molecule has 2 heteroatoms. The average Bonchev–Trinajstić information content (AvgIpc) is 2.54. The summed E-state index contributed by atoms with van der Waals surface area (Å²) in [5.41, 5.74) is 7.46. The molecule has 1 aromatic rings. The predicted molar refractivity (Wildman–Crippen MR) is 89.1 cm³/mol. The minimum atomic E-state index is -0.841. The molecule has 0 spiro atoms. The van der Waals surface area contributed by atoms with Crippen molar-refractivity contribution in [1.82, 2.24) is 0 Å². The summed E-state index contributed by atoms with van der Waals surface area (Å²) in [4.78, 5) is 0. The highest BCUT2D eigenvalue weighted by molar-refractivity contribution is 5.29. The molecule has 1 fully saturated rings. The van der Waals surface area contributed by atoms with Crippen LogP contribution in [0.15, 0.2) is 24.3 Å². The Morgan fingerprint density at radius 3 is 2.19 bits per heavy atom. The lowest BCUT2D eigenvalue weighted by Crippen LogP contribution is -2.50. The Hall–Kier alpha value is -0.860. The van der Waals surface area contributed by atoms with E-state index in [1.807, 2.05) is 6.92 Å². The lowest BCUT2D eigenvalue weighted by atomic mass is 9.59. The molecule has 1 saturated carbocycles. The number of aryl methyl sites for hydroxylation is 1. The first kappa shape index (κ1) is 16.5. The molecule has 2 nitrogen and oxygen atoms in total. The van der Waals surface area contributed by atoms with Crippen LogP contribution in [0.4, 0.5) is 0 Å². The third kappa shape index (κ3) is 3.02. The molecule has 0 radical (unpaired) electrons. The van der Waals surface area contributed by atoms with Crippen LogP contribution in [0.25, 0.3) is 0 Å². The second kappa shape index (κ2) is 6.50. The number of rotatable bonds is 5. The molecule has 0 bridgehead atoms. The summed E-state index contributed by atoms with van der Waals surface area (Å²) >= 11 is 0. The molecule has 2 rings (SSSR count). The van der Waals surface area contributed by atoms with Gasteiger partial charge < -0.3 is 10.8 Å². The van der Waals surface area contributed by atoms with Crippen molar-refractivity contribution >= 4 is 0 Å². The second-order valence-corrected chi connectivity index (χ2v) is 6.96. The molecule has 1 aromatic carbocycles. The molecular weight excluding hydrogens is 258 g/mol. The minimum absolute atomic E-state index is 0.174. The van der Waals surface area contributed by atoms with E-state index in [0.717, 1.165) is 30.7 Å². The first-order valence-electron chi connectivity index (χ1n) is 8.51. The highest BCUT2D eigenvalue weighted by Crippen LogP contribution is 2.50. The minimum Gasteiger partial charge on any atom is -0.385 e. The number of hydrogen-bond acceptors (Lipinski definition) is 2. The summed E-state index contributed by atoms with van der Waals surface area (Å²) in [6.45, 7) is 6.95. The van der Waals surface area contributed by atoms with E-state index in [-0.39, 0.29) is 5.41 Å². The van der Waals surface area contributed by atoms with Crippen LogP contribution in [-0.4, -0.2) is 11.7 Å². The zero-order valence-electron chi connectivity index (χ0n) is 13.9. The fourth-order valence-electron chi connectivity index (χ4n) is 3.90. The summed E-state index contributed by atoms with van der Waals surface area (Å²) in [5, 5.41) is 11.3. The molecule has 1 unspecified atom stereocenters. The van der Waals surface area contributed by atoms with Gasteiger partial charge in [-0.05, 0) is 56.1 Å². The van der Waals surface area contributed by atoms with Crippen molar-refractivity contribution in [2.45, 2.75) is 64.9 Å². The molecular formula is C19H31NO. The van der Waals surface area contributed by atoms with E-state index in [1.54, 1.807) is 0 Å². The van der Waals surface area contributed by atoms with Crippen molar-refractivity contribution in [1.29, 1.82) is 0 Å². The molecule has 0 heterocycles. The number of benzene rings is 1. The summed E-state index contributed by atoms with van der Waals surface area (Å²) in [5.74, 6) is 0.808.